The molecular formula is C19H18N2O4S. The Labute approximate surface area is 151 Å². The number of fused-ring (bicyclic) bond motifs is 3. The normalized spacial score (nSPS) is 15.1. The van der Waals surface area contributed by atoms with E-state index in [-0.39, 0.29) is 12.1 Å². The van der Waals surface area contributed by atoms with Crippen molar-refractivity contribution in [3.05, 3.63) is 64.8 Å². The molecule has 3 aromatic rings. The van der Waals surface area contributed by atoms with Crippen LogP contribution >= 0.6 is 0 Å². The van der Waals surface area contributed by atoms with Crippen LogP contribution in [0.3, 0.4) is 0 Å². The summed E-state index contributed by atoms with van der Waals surface area (Å²) in [5, 5.41) is 10.00. The minimum absolute atomic E-state index is 0.193. The Morgan fingerprint density at radius 3 is 2.69 bits per heavy atom. The third kappa shape index (κ3) is 2.60. The van der Waals surface area contributed by atoms with Gasteiger partial charge in [0.15, 0.2) is 0 Å². The van der Waals surface area contributed by atoms with E-state index in [2.05, 4.69) is 4.98 Å². The van der Waals surface area contributed by atoms with Gasteiger partial charge in [-0.15, -0.1) is 0 Å². The molecular weight excluding hydrogens is 352 g/mol. The minimum Gasteiger partial charge on any atom is -0.478 e. The van der Waals surface area contributed by atoms with Gasteiger partial charge in [0.2, 0.25) is 10.0 Å². The Kier molecular flexibility index (Phi) is 3.86. The average molecular weight is 370 g/mol. The predicted octanol–water partition coefficient (Wildman–Crippen LogP) is 2.92. The molecule has 0 atom stereocenters. The number of nitrogens with one attached hydrogen (secondary N) is 1. The largest absolute Gasteiger partial charge is 0.478 e. The van der Waals surface area contributed by atoms with Gasteiger partial charge in [-0.25, -0.2) is 13.2 Å². The molecule has 6 nitrogen and oxygen atoms in total. The lowest BCUT2D eigenvalue weighted by Crippen LogP contribution is -2.36. The summed E-state index contributed by atoms with van der Waals surface area (Å²) in [7, 11) is -3.61. The number of H-pyrrole nitrogens is 1. The Morgan fingerprint density at radius 1 is 1.19 bits per heavy atom. The molecule has 0 amide bonds. The number of aromatic carboxylic acids is 1. The lowest BCUT2D eigenvalue weighted by molar-refractivity contribution is 0.0697. The third-order valence-corrected chi connectivity index (χ3v) is 6.90. The number of aromatic amines is 1. The van der Waals surface area contributed by atoms with Gasteiger partial charge in [-0.3, -0.25) is 0 Å². The van der Waals surface area contributed by atoms with Gasteiger partial charge < -0.3 is 10.1 Å². The van der Waals surface area contributed by atoms with Crippen LogP contribution in [0, 0.1) is 6.92 Å². The number of hydrogen-bond donors (Lipinski definition) is 2. The minimum atomic E-state index is -3.61. The van der Waals surface area contributed by atoms with E-state index in [4.69, 9.17) is 0 Å². The van der Waals surface area contributed by atoms with Crippen LogP contribution in [0.2, 0.25) is 0 Å². The van der Waals surface area contributed by atoms with Crippen LogP contribution in [0.25, 0.3) is 10.9 Å². The fourth-order valence-electron chi connectivity index (χ4n) is 3.51. The quantitative estimate of drug-likeness (QED) is 0.742. The van der Waals surface area contributed by atoms with Crippen molar-refractivity contribution in [2.24, 2.45) is 0 Å². The second-order valence-electron chi connectivity index (χ2n) is 6.50. The lowest BCUT2D eigenvalue weighted by atomic mass is 10.0. The number of nitrogens with zero attached hydrogens (tertiary/aromatic N) is 1. The molecule has 0 spiro atoms. The van der Waals surface area contributed by atoms with Crippen molar-refractivity contribution >= 4 is 26.9 Å². The summed E-state index contributed by atoms with van der Waals surface area (Å²) in [5.41, 5.74) is 3.56. The van der Waals surface area contributed by atoms with E-state index in [1.807, 2.05) is 6.07 Å². The molecule has 0 aliphatic carbocycles. The molecule has 134 valence electrons. The van der Waals surface area contributed by atoms with Crippen LogP contribution in [0.5, 0.6) is 0 Å². The topological polar surface area (TPSA) is 90.5 Å². The fourth-order valence-corrected chi connectivity index (χ4v) is 5.15. The molecule has 0 saturated heterocycles. The molecule has 26 heavy (non-hydrogen) atoms. The van der Waals surface area contributed by atoms with E-state index in [0.717, 1.165) is 22.2 Å². The Hall–Kier alpha value is -2.64. The summed E-state index contributed by atoms with van der Waals surface area (Å²) in [6, 6.07) is 11.8. The Balaban J connectivity index is 1.78. The maximum Gasteiger partial charge on any atom is 0.335 e. The van der Waals surface area contributed by atoms with E-state index in [1.165, 1.54) is 4.31 Å². The zero-order valence-electron chi connectivity index (χ0n) is 14.2. The first-order valence-corrected chi connectivity index (χ1v) is 9.74. The van der Waals surface area contributed by atoms with E-state index >= 15 is 0 Å². The van der Waals surface area contributed by atoms with E-state index in [9.17, 15) is 18.3 Å². The van der Waals surface area contributed by atoms with Crippen LogP contribution in [0.15, 0.2) is 47.4 Å². The number of carboxylic acids is 1. The first kappa shape index (κ1) is 16.8. The highest BCUT2D eigenvalue weighted by atomic mass is 32.2. The molecule has 0 bridgehead atoms. The summed E-state index contributed by atoms with van der Waals surface area (Å²) >= 11 is 0. The standard InChI is InChI=1S/C19H18N2O4S/c1-12-4-2-3-5-18(12)26(24,25)21-9-8-17-15(11-21)14-10-13(19(22)23)6-7-16(14)20-17/h2-7,10,20H,8-9,11H2,1H3,(H,22,23). The van der Waals surface area contributed by atoms with Crippen LogP contribution in [0.4, 0.5) is 0 Å². The highest BCUT2D eigenvalue weighted by molar-refractivity contribution is 7.89. The molecule has 7 heteroatoms. The molecule has 0 unspecified atom stereocenters. The molecule has 2 aromatic carbocycles. The van der Waals surface area contributed by atoms with Crippen molar-refractivity contribution in [1.29, 1.82) is 0 Å². The summed E-state index contributed by atoms with van der Waals surface area (Å²) in [5.74, 6) is -0.998. The van der Waals surface area contributed by atoms with E-state index in [0.29, 0.717) is 23.4 Å². The van der Waals surface area contributed by atoms with Gasteiger partial charge in [0.1, 0.15) is 0 Å². The first-order chi connectivity index (χ1) is 12.4. The van der Waals surface area contributed by atoms with E-state index < -0.39 is 16.0 Å². The summed E-state index contributed by atoms with van der Waals surface area (Å²) < 4.78 is 27.6. The number of aromatic nitrogens is 1. The maximum absolute atomic E-state index is 13.1. The van der Waals surface area contributed by atoms with Crippen molar-refractivity contribution in [3.8, 4) is 0 Å². The van der Waals surface area contributed by atoms with Gasteiger partial charge in [-0.05, 0) is 42.3 Å². The van der Waals surface area contributed by atoms with Crippen LogP contribution in [0.1, 0.15) is 27.2 Å². The predicted molar refractivity (Wildman–Crippen MR) is 97.7 cm³/mol. The molecule has 2 heterocycles. The number of hydrogen-bond acceptors (Lipinski definition) is 3. The van der Waals surface area contributed by atoms with Gasteiger partial charge in [0.05, 0.1) is 10.5 Å². The first-order valence-electron chi connectivity index (χ1n) is 8.30. The van der Waals surface area contributed by atoms with E-state index in [1.54, 1.807) is 43.3 Å². The number of rotatable bonds is 3. The Bertz CT molecular complexity index is 1130. The number of aryl methyl sites for hydroxylation is 1. The number of carboxylic acid groups (broad SMARTS) is 1. The second-order valence-corrected chi connectivity index (χ2v) is 8.41. The molecule has 1 aromatic heterocycles. The molecule has 0 saturated carbocycles. The van der Waals surface area contributed by atoms with Crippen molar-refractivity contribution < 1.29 is 18.3 Å². The monoisotopic (exact) mass is 370 g/mol. The maximum atomic E-state index is 13.1. The highest BCUT2D eigenvalue weighted by Crippen LogP contribution is 2.31. The van der Waals surface area contributed by atoms with Crippen molar-refractivity contribution in [2.45, 2.75) is 24.8 Å². The zero-order valence-corrected chi connectivity index (χ0v) is 15.0. The third-order valence-electron chi connectivity index (χ3n) is 4.90. The van der Waals surface area contributed by atoms with Gasteiger partial charge >= 0.3 is 5.97 Å². The van der Waals surface area contributed by atoms with Crippen molar-refractivity contribution in [1.82, 2.24) is 9.29 Å². The lowest BCUT2D eigenvalue weighted by Gasteiger charge is -2.27. The Morgan fingerprint density at radius 2 is 1.96 bits per heavy atom. The second kappa shape index (κ2) is 5.96. The van der Waals surface area contributed by atoms with Crippen molar-refractivity contribution in [3.63, 3.8) is 0 Å². The SMILES string of the molecule is Cc1ccccc1S(=O)(=O)N1CCc2[nH]c3ccc(C(=O)O)cc3c2C1. The van der Waals surface area contributed by atoms with Crippen LogP contribution in [-0.4, -0.2) is 35.3 Å². The summed E-state index contributed by atoms with van der Waals surface area (Å²) in [4.78, 5) is 14.9. The smallest absolute Gasteiger partial charge is 0.335 e. The summed E-state index contributed by atoms with van der Waals surface area (Å²) in [6.07, 6.45) is 0.567. The van der Waals surface area contributed by atoms with Crippen molar-refractivity contribution in [2.75, 3.05) is 6.54 Å². The van der Waals surface area contributed by atoms with Crippen LogP contribution in [-0.2, 0) is 23.0 Å². The van der Waals surface area contributed by atoms with Gasteiger partial charge in [-0.1, -0.05) is 18.2 Å². The number of benzene rings is 2. The molecule has 0 fully saturated rings. The average Bonchev–Trinajstić information content (AvgIpc) is 2.98. The molecule has 1 aliphatic heterocycles. The number of carbonyl (C=O) groups is 1. The van der Waals surface area contributed by atoms with Crippen LogP contribution < -0.4 is 0 Å². The number of sulfonamides is 1. The highest BCUT2D eigenvalue weighted by Gasteiger charge is 2.31. The fraction of sp³-hybridized carbons (Fsp3) is 0.211. The molecule has 4 rings (SSSR count). The van der Waals surface area contributed by atoms with Gasteiger partial charge in [0.25, 0.3) is 0 Å². The van der Waals surface area contributed by atoms with Gasteiger partial charge in [0, 0.05) is 36.1 Å². The molecule has 0 radical (unpaired) electrons. The molecule has 1 aliphatic rings. The van der Waals surface area contributed by atoms with Gasteiger partial charge in [-0.2, -0.15) is 4.31 Å². The molecule has 2 N–H and O–H groups in total. The summed E-state index contributed by atoms with van der Waals surface area (Å²) in [6.45, 7) is 2.41. The zero-order chi connectivity index (χ0) is 18.5.